The van der Waals surface area contributed by atoms with E-state index in [0.717, 1.165) is 0 Å². The molecule has 0 aromatic rings. The molecule has 0 aliphatic carbocycles. The van der Waals surface area contributed by atoms with Crippen LogP contribution in [0, 0.1) is 0 Å². The predicted octanol–water partition coefficient (Wildman–Crippen LogP) is -1.21. The first-order valence-corrected chi connectivity index (χ1v) is 3.16. The highest BCUT2D eigenvalue weighted by atomic mass is 16.5. The lowest BCUT2D eigenvalue weighted by molar-refractivity contribution is -0.164. The lowest BCUT2D eigenvalue weighted by atomic mass is 10.1. The van der Waals surface area contributed by atoms with Gasteiger partial charge in [-0.15, -0.1) is 0 Å². The fourth-order valence-electron chi connectivity index (χ4n) is 0.837. The lowest BCUT2D eigenvalue weighted by Crippen LogP contribution is -2.41. The second kappa shape index (κ2) is 2.98. The Morgan fingerprint density at radius 3 is 2.73 bits per heavy atom. The smallest absolute Gasteiger partial charge is 0.333 e. The number of carbonyl (C=O) groups is 2. The number of carboxylic acids is 1. The Bertz CT molecular complexity index is 187. The highest BCUT2D eigenvalue weighted by molar-refractivity contribution is 5.89. The van der Waals surface area contributed by atoms with E-state index in [1.807, 2.05) is 0 Å². The van der Waals surface area contributed by atoms with Crippen molar-refractivity contribution in [2.75, 3.05) is 6.61 Å². The molecule has 1 fully saturated rings. The van der Waals surface area contributed by atoms with Crippen molar-refractivity contribution >= 4 is 11.8 Å². The maximum absolute atomic E-state index is 10.7. The van der Waals surface area contributed by atoms with Gasteiger partial charge in [-0.2, -0.15) is 0 Å². The van der Waals surface area contributed by atoms with Crippen molar-refractivity contribution in [1.82, 2.24) is 0 Å². The molecule has 1 rings (SSSR count). The zero-order valence-corrected chi connectivity index (χ0v) is 5.69. The van der Waals surface area contributed by atoms with Gasteiger partial charge in [0.25, 0.3) is 0 Å². The van der Waals surface area contributed by atoms with Crippen LogP contribution in [0.3, 0.4) is 0 Å². The van der Waals surface area contributed by atoms with Crippen LogP contribution < -0.4 is 0 Å². The minimum Gasteiger partial charge on any atom is -0.479 e. The molecule has 0 spiro atoms. The van der Waals surface area contributed by atoms with Gasteiger partial charge in [-0.1, -0.05) is 0 Å². The molecule has 0 radical (unpaired) electrons. The van der Waals surface area contributed by atoms with Crippen LogP contribution in [0.15, 0.2) is 0 Å². The fourth-order valence-corrected chi connectivity index (χ4v) is 0.837. The number of aliphatic carboxylic acids is 1. The molecule has 2 atom stereocenters. The molecule has 5 nitrogen and oxygen atoms in total. The van der Waals surface area contributed by atoms with E-state index >= 15 is 0 Å². The molecule has 0 bridgehead atoms. The fraction of sp³-hybridized carbons (Fsp3) is 0.667. The maximum atomic E-state index is 10.7. The number of carbonyl (C=O) groups excluding carboxylic acids is 1. The Morgan fingerprint density at radius 1 is 1.64 bits per heavy atom. The standard InChI is InChI=1S/C6H8O5/c7-3-1-5(6(9)10)11-2-4(3)8/h4-5,8H,1-2H2,(H,9,10). The maximum Gasteiger partial charge on any atom is 0.333 e. The van der Waals surface area contributed by atoms with E-state index in [9.17, 15) is 9.59 Å². The second-order valence-corrected chi connectivity index (χ2v) is 2.35. The van der Waals surface area contributed by atoms with Gasteiger partial charge in [-0.25, -0.2) is 4.79 Å². The largest absolute Gasteiger partial charge is 0.479 e. The Balaban J connectivity index is 2.53. The molecule has 1 saturated heterocycles. The monoisotopic (exact) mass is 160 g/mol. The van der Waals surface area contributed by atoms with Crippen LogP contribution in [0.1, 0.15) is 6.42 Å². The van der Waals surface area contributed by atoms with Crippen LogP contribution in [-0.2, 0) is 14.3 Å². The number of carboxylic acid groups (broad SMARTS) is 1. The van der Waals surface area contributed by atoms with Crippen molar-refractivity contribution in [2.45, 2.75) is 18.6 Å². The van der Waals surface area contributed by atoms with Crippen LogP contribution in [0.2, 0.25) is 0 Å². The second-order valence-electron chi connectivity index (χ2n) is 2.35. The summed E-state index contributed by atoms with van der Waals surface area (Å²) < 4.78 is 4.65. The Labute approximate surface area is 62.6 Å². The number of aliphatic hydroxyl groups excluding tert-OH is 1. The van der Waals surface area contributed by atoms with E-state index in [2.05, 4.69) is 4.74 Å². The molecule has 2 N–H and O–H groups in total. The summed E-state index contributed by atoms with van der Waals surface area (Å²) in [6, 6.07) is 0. The molecule has 0 aromatic carbocycles. The van der Waals surface area contributed by atoms with Gasteiger partial charge in [0.2, 0.25) is 0 Å². The minimum absolute atomic E-state index is 0.212. The zero-order chi connectivity index (χ0) is 8.43. The first-order chi connectivity index (χ1) is 5.11. The third-order valence-electron chi connectivity index (χ3n) is 1.49. The highest BCUT2D eigenvalue weighted by Gasteiger charge is 2.31. The molecule has 1 aliphatic heterocycles. The topological polar surface area (TPSA) is 83.8 Å². The lowest BCUT2D eigenvalue weighted by Gasteiger charge is -2.21. The van der Waals surface area contributed by atoms with Crippen LogP contribution in [0.4, 0.5) is 0 Å². The Morgan fingerprint density at radius 2 is 2.27 bits per heavy atom. The molecule has 62 valence electrons. The van der Waals surface area contributed by atoms with Gasteiger partial charge in [0, 0.05) is 6.42 Å². The number of ketones is 1. The summed E-state index contributed by atoms with van der Waals surface area (Å²) in [5.41, 5.74) is 0. The normalized spacial score (nSPS) is 31.9. The van der Waals surface area contributed by atoms with Crippen LogP contribution in [0.5, 0.6) is 0 Å². The van der Waals surface area contributed by atoms with Crippen molar-refractivity contribution in [3.63, 3.8) is 0 Å². The van der Waals surface area contributed by atoms with Gasteiger partial charge in [-0.05, 0) is 0 Å². The third-order valence-corrected chi connectivity index (χ3v) is 1.49. The Hall–Kier alpha value is -0.940. The van der Waals surface area contributed by atoms with Crippen LogP contribution >= 0.6 is 0 Å². The van der Waals surface area contributed by atoms with Gasteiger partial charge in [0.15, 0.2) is 11.9 Å². The van der Waals surface area contributed by atoms with Gasteiger partial charge >= 0.3 is 5.97 Å². The van der Waals surface area contributed by atoms with Crippen molar-refractivity contribution in [2.24, 2.45) is 0 Å². The van der Waals surface area contributed by atoms with E-state index in [4.69, 9.17) is 10.2 Å². The van der Waals surface area contributed by atoms with E-state index in [-0.39, 0.29) is 13.0 Å². The number of rotatable bonds is 1. The summed E-state index contributed by atoms with van der Waals surface area (Å²) in [5.74, 6) is -1.63. The molecular formula is C6H8O5. The molecule has 1 heterocycles. The van der Waals surface area contributed by atoms with Gasteiger partial charge in [0.1, 0.15) is 6.10 Å². The number of ether oxygens (including phenoxy) is 1. The summed E-state index contributed by atoms with van der Waals surface area (Å²) in [5, 5.41) is 17.2. The number of aliphatic hydroxyl groups is 1. The van der Waals surface area contributed by atoms with E-state index in [0.29, 0.717) is 0 Å². The van der Waals surface area contributed by atoms with Crippen molar-refractivity contribution in [1.29, 1.82) is 0 Å². The summed E-state index contributed by atoms with van der Waals surface area (Å²) in [4.78, 5) is 21.0. The average molecular weight is 160 g/mol. The first-order valence-electron chi connectivity index (χ1n) is 3.16. The molecule has 0 aromatic heterocycles. The number of hydrogen-bond donors (Lipinski definition) is 2. The highest BCUT2D eigenvalue weighted by Crippen LogP contribution is 2.09. The quantitative estimate of drug-likeness (QED) is 0.502. The van der Waals surface area contributed by atoms with Crippen molar-refractivity contribution in [3.8, 4) is 0 Å². The number of hydrogen-bond acceptors (Lipinski definition) is 4. The van der Waals surface area contributed by atoms with Crippen LogP contribution in [0.25, 0.3) is 0 Å². The predicted molar refractivity (Wildman–Crippen MR) is 33.0 cm³/mol. The summed E-state index contributed by atoms with van der Waals surface area (Å²) in [6.07, 6.45) is -2.47. The first kappa shape index (κ1) is 8.16. The van der Waals surface area contributed by atoms with Crippen molar-refractivity contribution in [3.05, 3.63) is 0 Å². The summed E-state index contributed by atoms with van der Waals surface area (Å²) >= 11 is 0. The van der Waals surface area contributed by atoms with Gasteiger partial charge in [-0.3, -0.25) is 4.79 Å². The molecule has 0 saturated carbocycles. The van der Waals surface area contributed by atoms with Crippen LogP contribution in [-0.4, -0.2) is 40.8 Å². The van der Waals surface area contributed by atoms with E-state index < -0.39 is 24.0 Å². The zero-order valence-electron chi connectivity index (χ0n) is 5.69. The summed E-state index contributed by atoms with van der Waals surface area (Å²) in [6.45, 7) is -0.212. The van der Waals surface area contributed by atoms with E-state index in [1.165, 1.54) is 0 Å². The average Bonchev–Trinajstić information content (AvgIpc) is 1.94. The van der Waals surface area contributed by atoms with Gasteiger partial charge < -0.3 is 14.9 Å². The van der Waals surface area contributed by atoms with E-state index in [1.54, 1.807) is 0 Å². The SMILES string of the molecule is O=C1CC(C(=O)O)OCC1O. The molecule has 2 unspecified atom stereocenters. The molecule has 11 heavy (non-hydrogen) atoms. The molecule has 0 amide bonds. The van der Waals surface area contributed by atoms with Gasteiger partial charge in [0.05, 0.1) is 6.61 Å². The number of Topliss-reactive ketones (excluding diaryl/α,β-unsaturated/α-hetero) is 1. The molecule has 1 aliphatic rings. The van der Waals surface area contributed by atoms with Crippen molar-refractivity contribution < 1.29 is 24.5 Å². The minimum atomic E-state index is -1.16. The Kier molecular flexibility index (Phi) is 2.21. The molecular weight excluding hydrogens is 152 g/mol. The molecule has 5 heteroatoms. The third kappa shape index (κ3) is 1.75. The summed E-state index contributed by atoms with van der Waals surface area (Å²) in [7, 11) is 0.